The Morgan fingerprint density at radius 2 is 2.19 bits per heavy atom. The van der Waals surface area contributed by atoms with Crippen LogP contribution in [0.1, 0.15) is 6.92 Å². The summed E-state index contributed by atoms with van der Waals surface area (Å²) < 4.78 is 1.06. The highest BCUT2D eigenvalue weighted by Gasteiger charge is 2.05. The largest absolute Gasteiger partial charge is 0.356 e. The summed E-state index contributed by atoms with van der Waals surface area (Å²) in [6.07, 6.45) is 7.12. The number of pyridine rings is 1. The second-order valence-corrected chi connectivity index (χ2v) is 4.38. The third-order valence-electron chi connectivity index (χ3n) is 2.36. The maximum Gasteiger partial charge on any atom is 0.134 e. The van der Waals surface area contributed by atoms with E-state index in [0.717, 1.165) is 21.1 Å². The average molecular weight is 275 g/mol. The molecule has 0 amide bonds. The third-order valence-corrected chi connectivity index (χ3v) is 3.05. The van der Waals surface area contributed by atoms with E-state index >= 15 is 0 Å². The predicted octanol–water partition coefficient (Wildman–Crippen LogP) is 3.43. The van der Waals surface area contributed by atoms with Gasteiger partial charge in [-0.3, -0.25) is 0 Å². The van der Waals surface area contributed by atoms with E-state index < -0.39 is 0 Å². The van der Waals surface area contributed by atoms with Crippen LogP contribution in [0.2, 0.25) is 0 Å². The highest BCUT2D eigenvalue weighted by atomic mass is 79.9. The molecule has 0 saturated carbocycles. The highest BCUT2D eigenvalue weighted by Crippen LogP contribution is 2.27. The minimum absolute atomic E-state index is 0.0305. The fourth-order valence-corrected chi connectivity index (χ4v) is 2.03. The van der Waals surface area contributed by atoms with Crippen LogP contribution in [0.25, 0.3) is 10.8 Å². The van der Waals surface area contributed by atoms with Crippen molar-refractivity contribution >= 4 is 32.5 Å². The molecule has 0 aliphatic carbocycles. The summed E-state index contributed by atoms with van der Waals surface area (Å²) in [5.41, 5.74) is 0. The minimum atomic E-state index is -0.0305. The van der Waals surface area contributed by atoms with Crippen LogP contribution in [0.5, 0.6) is 0 Å². The fourth-order valence-electron chi connectivity index (χ4n) is 1.53. The first-order valence-corrected chi connectivity index (χ1v) is 5.77. The molecule has 1 N–H and O–H groups in total. The van der Waals surface area contributed by atoms with Crippen LogP contribution in [-0.4, -0.2) is 11.0 Å². The number of fused-ring (bicyclic) bond motifs is 1. The maximum absolute atomic E-state index is 5.34. The molecule has 1 heterocycles. The first-order valence-electron chi connectivity index (χ1n) is 4.98. The Morgan fingerprint density at radius 1 is 1.38 bits per heavy atom. The molecule has 0 spiro atoms. The Balaban J connectivity index is 2.55. The molecule has 3 heteroatoms. The van der Waals surface area contributed by atoms with E-state index in [1.165, 1.54) is 0 Å². The molecule has 0 saturated heterocycles. The second-order valence-electron chi connectivity index (χ2n) is 3.53. The van der Waals surface area contributed by atoms with E-state index in [4.69, 9.17) is 6.42 Å². The quantitative estimate of drug-likeness (QED) is 0.849. The van der Waals surface area contributed by atoms with Gasteiger partial charge in [-0.25, -0.2) is 4.98 Å². The van der Waals surface area contributed by atoms with Gasteiger partial charge in [0.1, 0.15) is 5.82 Å². The molecule has 1 atom stereocenters. The lowest BCUT2D eigenvalue weighted by Crippen LogP contribution is -2.13. The summed E-state index contributed by atoms with van der Waals surface area (Å²) in [7, 11) is 0. The molecular weight excluding hydrogens is 264 g/mol. The van der Waals surface area contributed by atoms with Gasteiger partial charge in [0.2, 0.25) is 0 Å². The molecular formula is C13H11BrN2. The summed E-state index contributed by atoms with van der Waals surface area (Å²) in [6, 6.07) is 7.97. The van der Waals surface area contributed by atoms with E-state index in [1.54, 1.807) is 6.20 Å². The van der Waals surface area contributed by atoms with Crippen LogP contribution in [0, 0.1) is 12.3 Å². The first-order chi connectivity index (χ1) is 7.72. The Morgan fingerprint density at radius 3 is 2.94 bits per heavy atom. The van der Waals surface area contributed by atoms with E-state index in [0.29, 0.717) is 0 Å². The van der Waals surface area contributed by atoms with E-state index in [-0.39, 0.29) is 6.04 Å². The number of nitrogens with zero attached hydrogens (tertiary/aromatic N) is 1. The zero-order valence-electron chi connectivity index (χ0n) is 8.87. The zero-order chi connectivity index (χ0) is 11.5. The Labute approximate surface area is 103 Å². The van der Waals surface area contributed by atoms with Crippen LogP contribution in [0.4, 0.5) is 5.82 Å². The first kappa shape index (κ1) is 11.0. The zero-order valence-corrected chi connectivity index (χ0v) is 10.5. The third kappa shape index (κ3) is 2.02. The molecule has 0 aliphatic rings. The highest BCUT2D eigenvalue weighted by molar-refractivity contribution is 9.10. The van der Waals surface area contributed by atoms with Crippen molar-refractivity contribution in [2.45, 2.75) is 13.0 Å². The molecule has 0 fully saturated rings. The Kier molecular flexibility index (Phi) is 3.12. The predicted molar refractivity (Wildman–Crippen MR) is 71.4 cm³/mol. The van der Waals surface area contributed by atoms with E-state index in [1.807, 2.05) is 31.2 Å². The Bertz CT molecular complexity index is 557. The molecule has 0 radical (unpaired) electrons. The number of rotatable bonds is 2. The summed E-state index contributed by atoms with van der Waals surface area (Å²) in [6.45, 7) is 1.93. The van der Waals surface area contributed by atoms with Crippen LogP contribution in [-0.2, 0) is 0 Å². The van der Waals surface area contributed by atoms with E-state index in [9.17, 15) is 0 Å². The summed E-state index contributed by atoms with van der Waals surface area (Å²) in [5.74, 6) is 3.45. The smallest absolute Gasteiger partial charge is 0.134 e. The minimum Gasteiger partial charge on any atom is -0.356 e. The second kappa shape index (κ2) is 4.54. The molecule has 2 aromatic rings. The molecule has 2 nitrogen and oxygen atoms in total. The van der Waals surface area contributed by atoms with Crippen molar-refractivity contribution in [2.24, 2.45) is 0 Å². The van der Waals surface area contributed by atoms with E-state index in [2.05, 4.69) is 32.2 Å². The maximum atomic E-state index is 5.34. The van der Waals surface area contributed by atoms with Crippen LogP contribution >= 0.6 is 15.9 Å². The molecule has 1 aromatic heterocycles. The topological polar surface area (TPSA) is 24.9 Å². The van der Waals surface area contributed by atoms with Crippen molar-refractivity contribution < 1.29 is 0 Å². The molecule has 16 heavy (non-hydrogen) atoms. The van der Waals surface area contributed by atoms with Gasteiger partial charge in [-0.2, -0.15) is 0 Å². The normalized spacial score (nSPS) is 12.1. The van der Waals surface area contributed by atoms with Crippen molar-refractivity contribution in [3.8, 4) is 12.3 Å². The molecule has 0 bridgehead atoms. The number of hydrogen-bond donors (Lipinski definition) is 1. The molecule has 80 valence electrons. The van der Waals surface area contributed by atoms with Gasteiger partial charge in [-0.1, -0.05) is 34.0 Å². The standard InChI is InChI=1S/C13H11BrN2/c1-3-9(2)16-13-11-5-4-6-12(14)10(11)7-8-15-13/h1,4-9H,2H3,(H,15,16). The van der Waals surface area contributed by atoms with Gasteiger partial charge in [-0.15, -0.1) is 6.42 Å². The number of benzene rings is 1. The van der Waals surface area contributed by atoms with Gasteiger partial charge in [0.25, 0.3) is 0 Å². The summed E-state index contributed by atoms with van der Waals surface area (Å²) >= 11 is 3.52. The Hall–Kier alpha value is -1.53. The molecule has 1 unspecified atom stereocenters. The number of anilines is 1. The average Bonchev–Trinajstić information content (AvgIpc) is 2.30. The lowest BCUT2D eigenvalue weighted by atomic mass is 10.1. The number of hydrogen-bond acceptors (Lipinski definition) is 2. The van der Waals surface area contributed by atoms with Gasteiger partial charge in [-0.05, 0) is 19.1 Å². The van der Waals surface area contributed by atoms with Crippen LogP contribution < -0.4 is 5.32 Å². The summed E-state index contributed by atoms with van der Waals surface area (Å²) in [4.78, 5) is 4.31. The number of halogens is 1. The van der Waals surface area contributed by atoms with Gasteiger partial charge in [0, 0.05) is 21.4 Å². The lowest BCUT2D eigenvalue weighted by Gasteiger charge is -2.11. The monoisotopic (exact) mass is 274 g/mol. The lowest BCUT2D eigenvalue weighted by molar-refractivity contribution is 1.02. The number of nitrogens with one attached hydrogen (secondary N) is 1. The molecule has 2 rings (SSSR count). The molecule has 1 aromatic carbocycles. The van der Waals surface area contributed by atoms with Gasteiger partial charge in [0.15, 0.2) is 0 Å². The SMILES string of the molecule is C#CC(C)Nc1nccc2c(Br)cccc12. The number of aromatic nitrogens is 1. The van der Waals surface area contributed by atoms with Crippen LogP contribution in [0.15, 0.2) is 34.9 Å². The summed E-state index contributed by atoms with van der Waals surface area (Å²) in [5, 5.41) is 5.39. The van der Waals surface area contributed by atoms with Gasteiger partial charge in [0.05, 0.1) is 6.04 Å². The molecule has 0 aliphatic heterocycles. The number of terminal acetylenes is 1. The van der Waals surface area contributed by atoms with Crippen molar-refractivity contribution in [3.05, 3.63) is 34.9 Å². The van der Waals surface area contributed by atoms with Crippen molar-refractivity contribution in [1.82, 2.24) is 4.98 Å². The van der Waals surface area contributed by atoms with Crippen LogP contribution in [0.3, 0.4) is 0 Å². The van der Waals surface area contributed by atoms with Crippen molar-refractivity contribution in [3.63, 3.8) is 0 Å². The van der Waals surface area contributed by atoms with Crippen molar-refractivity contribution in [1.29, 1.82) is 0 Å². The van der Waals surface area contributed by atoms with Gasteiger partial charge >= 0.3 is 0 Å². The van der Waals surface area contributed by atoms with Crippen molar-refractivity contribution in [2.75, 3.05) is 5.32 Å². The fraction of sp³-hybridized carbons (Fsp3) is 0.154. The van der Waals surface area contributed by atoms with Gasteiger partial charge < -0.3 is 5.32 Å².